The van der Waals surface area contributed by atoms with Gasteiger partial charge in [0.1, 0.15) is 0 Å². The Morgan fingerprint density at radius 3 is 2.33 bits per heavy atom. The molecule has 0 saturated heterocycles. The van der Waals surface area contributed by atoms with Crippen LogP contribution in [0.4, 0.5) is 5.69 Å². The van der Waals surface area contributed by atoms with E-state index in [1.165, 1.54) is 27.8 Å². The standard InChI is InChI=1S/C20H23N/c1-20(2,3)17-8-4-14(5-9-17)12-15-6-7-16-13-18(21)10-11-19(15)16/h4-5,8-13H,6-7,21H2,1-3H3. The average Bonchev–Trinajstić information content (AvgIpc) is 2.80. The Hall–Kier alpha value is -2.02. The van der Waals surface area contributed by atoms with E-state index >= 15 is 0 Å². The van der Waals surface area contributed by atoms with Crippen LogP contribution in [0.1, 0.15) is 49.4 Å². The fraction of sp³-hybridized carbons (Fsp3) is 0.300. The number of aryl methyl sites for hydroxylation is 1. The van der Waals surface area contributed by atoms with Gasteiger partial charge in [0.25, 0.3) is 0 Å². The van der Waals surface area contributed by atoms with E-state index in [1.54, 1.807) is 0 Å². The fourth-order valence-corrected chi connectivity index (χ4v) is 2.97. The highest BCUT2D eigenvalue weighted by Gasteiger charge is 2.16. The molecule has 0 aromatic heterocycles. The van der Waals surface area contributed by atoms with Crippen LogP contribution in [-0.2, 0) is 11.8 Å². The zero-order chi connectivity index (χ0) is 15.0. The molecule has 108 valence electrons. The van der Waals surface area contributed by atoms with Gasteiger partial charge in [-0.2, -0.15) is 0 Å². The molecule has 1 aliphatic rings. The fourth-order valence-electron chi connectivity index (χ4n) is 2.97. The van der Waals surface area contributed by atoms with Gasteiger partial charge in [-0.3, -0.25) is 0 Å². The van der Waals surface area contributed by atoms with Crippen LogP contribution in [0.3, 0.4) is 0 Å². The summed E-state index contributed by atoms with van der Waals surface area (Å²) in [5.41, 5.74) is 13.8. The minimum atomic E-state index is 0.211. The molecule has 0 radical (unpaired) electrons. The highest BCUT2D eigenvalue weighted by Crippen LogP contribution is 2.35. The number of anilines is 1. The smallest absolute Gasteiger partial charge is 0.0317 e. The van der Waals surface area contributed by atoms with Crippen LogP contribution in [0, 0.1) is 0 Å². The second kappa shape index (κ2) is 5.07. The van der Waals surface area contributed by atoms with Gasteiger partial charge in [0.15, 0.2) is 0 Å². The van der Waals surface area contributed by atoms with Gasteiger partial charge in [-0.05, 0) is 58.2 Å². The second-order valence-electron chi connectivity index (χ2n) is 6.96. The van der Waals surface area contributed by atoms with Gasteiger partial charge < -0.3 is 5.73 Å². The van der Waals surface area contributed by atoms with E-state index in [2.05, 4.69) is 63.2 Å². The number of rotatable bonds is 1. The third-order valence-electron chi connectivity index (χ3n) is 4.26. The first-order valence-electron chi connectivity index (χ1n) is 7.63. The summed E-state index contributed by atoms with van der Waals surface area (Å²) < 4.78 is 0. The topological polar surface area (TPSA) is 26.0 Å². The number of hydrogen-bond acceptors (Lipinski definition) is 1. The van der Waals surface area contributed by atoms with E-state index in [0.29, 0.717) is 0 Å². The number of nitrogens with two attached hydrogens (primary N) is 1. The van der Waals surface area contributed by atoms with Crippen molar-refractivity contribution in [1.82, 2.24) is 0 Å². The Morgan fingerprint density at radius 2 is 1.67 bits per heavy atom. The summed E-state index contributed by atoms with van der Waals surface area (Å²) in [4.78, 5) is 0. The van der Waals surface area contributed by atoms with E-state index in [9.17, 15) is 0 Å². The number of hydrogen-bond donors (Lipinski definition) is 1. The van der Waals surface area contributed by atoms with Crippen molar-refractivity contribution in [3.05, 3.63) is 64.7 Å². The number of allylic oxidation sites excluding steroid dienone is 1. The van der Waals surface area contributed by atoms with Crippen molar-refractivity contribution in [3.63, 3.8) is 0 Å². The average molecular weight is 277 g/mol. The molecule has 21 heavy (non-hydrogen) atoms. The molecule has 0 fully saturated rings. The van der Waals surface area contributed by atoms with E-state index in [1.807, 2.05) is 6.07 Å². The predicted octanol–water partition coefficient (Wildman–Crippen LogP) is 5.05. The lowest BCUT2D eigenvalue weighted by molar-refractivity contribution is 0.590. The van der Waals surface area contributed by atoms with Crippen LogP contribution in [0.5, 0.6) is 0 Å². The molecule has 2 aromatic carbocycles. The maximum atomic E-state index is 5.87. The van der Waals surface area contributed by atoms with Crippen molar-refractivity contribution < 1.29 is 0 Å². The lowest BCUT2D eigenvalue weighted by Gasteiger charge is -2.18. The molecule has 1 aliphatic carbocycles. The predicted molar refractivity (Wildman–Crippen MR) is 92.2 cm³/mol. The minimum Gasteiger partial charge on any atom is -0.399 e. The Balaban J connectivity index is 1.91. The molecule has 1 heteroatoms. The molecule has 0 atom stereocenters. The summed E-state index contributed by atoms with van der Waals surface area (Å²) in [6, 6.07) is 15.2. The summed E-state index contributed by atoms with van der Waals surface area (Å²) in [5, 5.41) is 0. The van der Waals surface area contributed by atoms with Gasteiger partial charge in [-0.15, -0.1) is 0 Å². The number of nitrogen functional groups attached to an aromatic ring is 1. The summed E-state index contributed by atoms with van der Waals surface area (Å²) in [7, 11) is 0. The molecule has 0 aliphatic heterocycles. The third-order valence-corrected chi connectivity index (χ3v) is 4.26. The maximum absolute atomic E-state index is 5.87. The van der Waals surface area contributed by atoms with Gasteiger partial charge >= 0.3 is 0 Å². The molecule has 1 nitrogen and oxygen atoms in total. The Kier molecular flexibility index (Phi) is 3.36. The quantitative estimate of drug-likeness (QED) is 0.725. The van der Waals surface area contributed by atoms with Crippen molar-refractivity contribution in [2.24, 2.45) is 0 Å². The van der Waals surface area contributed by atoms with Crippen molar-refractivity contribution in [2.75, 3.05) is 5.73 Å². The van der Waals surface area contributed by atoms with Crippen molar-refractivity contribution in [1.29, 1.82) is 0 Å². The number of benzene rings is 2. The largest absolute Gasteiger partial charge is 0.399 e. The van der Waals surface area contributed by atoms with E-state index < -0.39 is 0 Å². The monoisotopic (exact) mass is 277 g/mol. The second-order valence-corrected chi connectivity index (χ2v) is 6.96. The Morgan fingerprint density at radius 1 is 0.952 bits per heavy atom. The molecule has 0 unspecified atom stereocenters. The van der Waals surface area contributed by atoms with Gasteiger partial charge in [0, 0.05) is 5.69 Å². The summed E-state index contributed by atoms with van der Waals surface area (Å²) in [6.45, 7) is 6.74. The third kappa shape index (κ3) is 2.87. The van der Waals surface area contributed by atoms with Gasteiger partial charge in [0.2, 0.25) is 0 Å². The highest BCUT2D eigenvalue weighted by molar-refractivity contribution is 5.86. The molecule has 2 N–H and O–H groups in total. The normalized spacial score (nSPS) is 16.2. The molecule has 2 aromatic rings. The highest BCUT2D eigenvalue weighted by atomic mass is 14.5. The molecule has 0 spiro atoms. The summed E-state index contributed by atoms with van der Waals surface area (Å²) in [6.07, 6.45) is 4.53. The molecular weight excluding hydrogens is 254 g/mol. The van der Waals surface area contributed by atoms with Crippen LogP contribution < -0.4 is 5.73 Å². The first kappa shape index (κ1) is 13.9. The summed E-state index contributed by atoms with van der Waals surface area (Å²) in [5.74, 6) is 0. The minimum absolute atomic E-state index is 0.211. The molecule has 3 rings (SSSR count). The van der Waals surface area contributed by atoms with Crippen LogP contribution >= 0.6 is 0 Å². The van der Waals surface area contributed by atoms with E-state index in [0.717, 1.165) is 18.5 Å². The zero-order valence-electron chi connectivity index (χ0n) is 13.1. The zero-order valence-corrected chi connectivity index (χ0v) is 13.1. The molecule has 0 saturated carbocycles. The van der Waals surface area contributed by atoms with Crippen molar-refractivity contribution >= 4 is 17.3 Å². The lowest BCUT2D eigenvalue weighted by atomic mass is 9.86. The first-order valence-corrected chi connectivity index (χ1v) is 7.63. The van der Waals surface area contributed by atoms with Crippen molar-refractivity contribution in [2.45, 2.75) is 39.0 Å². The maximum Gasteiger partial charge on any atom is 0.0317 e. The Labute approximate surface area is 127 Å². The van der Waals surface area contributed by atoms with E-state index in [-0.39, 0.29) is 5.41 Å². The van der Waals surface area contributed by atoms with Gasteiger partial charge in [-0.25, -0.2) is 0 Å². The van der Waals surface area contributed by atoms with Crippen LogP contribution in [0.15, 0.2) is 42.5 Å². The molecule has 0 bridgehead atoms. The Bertz CT molecular complexity index is 685. The number of fused-ring (bicyclic) bond motifs is 1. The van der Waals surface area contributed by atoms with Gasteiger partial charge in [-0.1, -0.05) is 57.2 Å². The molecule has 0 heterocycles. The van der Waals surface area contributed by atoms with Crippen LogP contribution in [-0.4, -0.2) is 0 Å². The molecular formula is C20H23N. The van der Waals surface area contributed by atoms with E-state index in [4.69, 9.17) is 5.73 Å². The van der Waals surface area contributed by atoms with Crippen LogP contribution in [0.25, 0.3) is 11.6 Å². The van der Waals surface area contributed by atoms with Crippen molar-refractivity contribution in [3.8, 4) is 0 Å². The summed E-state index contributed by atoms with van der Waals surface area (Å²) >= 11 is 0. The first-order chi connectivity index (χ1) is 9.93. The van der Waals surface area contributed by atoms with Crippen LogP contribution in [0.2, 0.25) is 0 Å². The lowest BCUT2D eigenvalue weighted by Crippen LogP contribution is -2.10. The van der Waals surface area contributed by atoms with Gasteiger partial charge in [0.05, 0.1) is 0 Å². The molecule has 0 amide bonds. The SMILES string of the molecule is CC(C)(C)c1ccc(C=C2CCc3cc(N)ccc32)cc1.